The molecular formula is C14H11ClN2O2S. The van der Waals surface area contributed by atoms with Crippen molar-refractivity contribution in [2.75, 3.05) is 0 Å². The van der Waals surface area contributed by atoms with Gasteiger partial charge in [0.1, 0.15) is 0 Å². The first-order valence-corrected chi connectivity index (χ1v) is 7.28. The molecule has 1 aromatic carbocycles. The summed E-state index contributed by atoms with van der Waals surface area (Å²) in [6.45, 7) is 2.01. The number of rotatable bonds is 4. The minimum absolute atomic E-state index is 0.0485. The Labute approximate surface area is 125 Å². The quantitative estimate of drug-likeness (QED) is 0.646. The van der Waals surface area contributed by atoms with Gasteiger partial charge in [-0.3, -0.25) is 0 Å². The SMILES string of the molecule is C[C@@H](Sc1ccc(Cl)cc1)c1nc(-c2ccco2)no1. The molecule has 2 aromatic heterocycles. The molecule has 0 unspecified atom stereocenters. The lowest BCUT2D eigenvalue weighted by molar-refractivity contribution is 0.379. The normalized spacial score (nSPS) is 12.5. The summed E-state index contributed by atoms with van der Waals surface area (Å²) in [7, 11) is 0. The summed E-state index contributed by atoms with van der Waals surface area (Å²) in [6, 6.07) is 11.2. The van der Waals surface area contributed by atoms with Gasteiger partial charge in [0.2, 0.25) is 11.7 Å². The van der Waals surface area contributed by atoms with Crippen LogP contribution in [0.5, 0.6) is 0 Å². The Hall–Kier alpha value is -1.72. The maximum Gasteiger partial charge on any atom is 0.240 e. The monoisotopic (exact) mass is 306 g/mol. The minimum Gasteiger partial charge on any atom is -0.461 e. The lowest BCUT2D eigenvalue weighted by atomic mass is 10.4. The van der Waals surface area contributed by atoms with E-state index in [1.54, 1.807) is 30.2 Å². The Balaban J connectivity index is 1.74. The number of benzene rings is 1. The van der Waals surface area contributed by atoms with Crippen LogP contribution in [0.15, 0.2) is 56.5 Å². The molecular weight excluding hydrogens is 296 g/mol. The van der Waals surface area contributed by atoms with Crippen molar-refractivity contribution < 1.29 is 8.94 Å². The van der Waals surface area contributed by atoms with E-state index in [1.165, 1.54) is 0 Å². The summed E-state index contributed by atoms with van der Waals surface area (Å²) >= 11 is 7.50. The topological polar surface area (TPSA) is 52.1 Å². The minimum atomic E-state index is 0.0485. The average molecular weight is 307 g/mol. The summed E-state index contributed by atoms with van der Waals surface area (Å²) in [5, 5.41) is 4.69. The van der Waals surface area contributed by atoms with Crippen LogP contribution in [-0.4, -0.2) is 10.1 Å². The molecule has 3 aromatic rings. The molecule has 1 atom stereocenters. The zero-order chi connectivity index (χ0) is 13.9. The number of hydrogen-bond donors (Lipinski definition) is 0. The molecule has 20 heavy (non-hydrogen) atoms. The molecule has 0 bridgehead atoms. The van der Waals surface area contributed by atoms with Gasteiger partial charge in [0, 0.05) is 9.92 Å². The van der Waals surface area contributed by atoms with Gasteiger partial charge in [0.05, 0.1) is 11.5 Å². The molecule has 6 heteroatoms. The van der Waals surface area contributed by atoms with E-state index in [9.17, 15) is 0 Å². The van der Waals surface area contributed by atoms with E-state index in [0.717, 1.165) is 9.92 Å². The van der Waals surface area contributed by atoms with E-state index in [0.29, 0.717) is 17.5 Å². The van der Waals surface area contributed by atoms with E-state index in [1.807, 2.05) is 31.2 Å². The van der Waals surface area contributed by atoms with Crippen LogP contribution in [-0.2, 0) is 0 Å². The van der Waals surface area contributed by atoms with E-state index in [4.69, 9.17) is 20.5 Å². The molecule has 0 aliphatic rings. The van der Waals surface area contributed by atoms with Gasteiger partial charge in [0.25, 0.3) is 0 Å². The van der Waals surface area contributed by atoms with Crippen molar-refractivity contribution in [3.05, 3.63) is 53.6 Å². The highest BCUT2D eigenvalue weighted by atomic mass is 35.5. The summed E-state index contributed by atoms with van der Waals surface area (Å²) in [4.78, 5) is 5.44. The molecule has 0 amide bonds. The lowest BCUT2D eigenvalue weighted by Crippen LogP contribution is -1.88. The smallest absolute Gasteiger partial charge is 0.240 e. The molecule has 0 saturated carbocycles. The fourth-order valence-electron chi connectivity index (χ4n) is 1.67. The molecule has 0 fully saturated rings. The summed E-state index contributed by atoms with van der Waals surface area (Å²) in [5.41, 5.74) is 0. The zero-order valence-electron chi connectivity index (χ0n) is 10.6. The molecule has 3 rings (SSSR count). The van der Waals surface area contributed by atoms with Crippen LogP contribution in [0.25, 0.3) is 11.6 Å². The molecule has 4 nitrogen and oxygen atoms in total. The molecule has 0 saturated heterocycles. The first kappa shape index (κ1) is 13.3. The van der Waals surface area contributed by atoms with E-state index in [-0.39, 0.29) is 5.25 Å². The lowest BCUT2D eigenvalue weighted by Gasteiger charge is -2.05. The first-order chi connectivity index (χ1) is 9.72. The maximum atomic E-state index is 5.87. The number of furan rings is 1. The van der Waals surface area contributed by atoms with Crippen LogP contribution in [0.4, 0.5) is 0 Å². The third-order valence-electron chi connectivity index (χ3n) is 2.66. The Morgan fingerprint density at radius 1 is 1.20 bits per heavy atom. The van der Waals surface area contributed by atoms with Gasteiger partial charge in [0.15, 0.2) is 5.76 Å². The zero-order valence-corrected chi connectivity index (χ0v) is 12.2. The Morgan fingerprint density at radius 3 is 2.70 bits per heavy atom. The van der Waals surface area contributed by atoms with Crippen molar-refractivity contribution in [2.45, 2.75) is 17.1 Å². The van der Waals surface area contributed by atoms with E-state index < -0.39 is 0 Å². The second kappa shape index (κ2) is 5.73. The number of aromatic nitrogens is 2. The van der Waals surface area contributed by atoms with Crippen molar-refractivity contribution in [2.24, 2.45) is 0 Å². The molecule has 0 aliphatic heterocycles. The van der Waals surface area contributed by atoms with Gasteiger partial charge in [-0.05, 0) is 43.3 Å². The highest BCUT2D eigenvalue weighted by molar-refractivity contribution is 7.99. The van der Waals surface area contributed by atoms with Crippen LogP contribution >= 0.6 is 23.4 Å². The molecule has 0 radical (unpaired) electrons. The van der Waals surface area contributed by atoms with Crippen molar-refractivity contribution in [1.29, 1.82) is 0 Å². The molecule has 0 N–H and O–H groups in total. The van der Waals surface area contributed by atoms with Crippen LogP contribution in [0, 0.1) is 0 Å². The summed E-state index contributed by atoms with van der Waals surface area (Å²) < 4.78 is 10.5. The molecule has 0 spiro atoms. The van der Waals surface area contributed by atoms with Gasteiger partial charge in [-0.25, -0.2) is 0 Å². The van der Waals surface area contributed by atoms with Crippen molar-refractivity contribution >= 4 is 23.4 Å². The standard InChI is InChI=1S/C14H11ClN2O2S/c1-9(20-11-6-4-10(15)5-7-11)14-16-13(17-19-14)12-3-2-8-18-12/h2-9H,1H3/t9-/m1/s1. The van der Waals surface area contributed by atoms with Gasteiger partial charge < -0.3 is 8.94 Å². The highest BCUT2D eigenvalue weighted by Crippen LogP contribution is 2.35. The largest absolute Gasteiger partial charge is 0.461 e. The van der Waals surface area contributed by atoms with Crippen molar-refractivity contribution in [3.8, 4) is 11.6 Å². The Morgan fingerprint density at radius 2 is 2.00 bits per heavy atom. The third-order valence-corrected chi connectivity index (χ3v) is 4.01. The predicted octanol–water partition coefficient (Wildman–Crippen LogP) is 4.84. The molecule has 2 heterocycles. The van der Waals surface area contributed by atoms with E-state index >= 15 is 0 Å². The van der Waals surface area contributed by atoms with Gasteiger partial charge >= 0.3 is 0 Å². The van der Waals surface area contributed by atoms with Crippen molar-refractivity contribution in [1.82, 2.24) is 10.1 Å². The number of thioether (sulfide) groups is 1. The fraction of sp³-hybridized carbons (Fsp3) is 0.143. The summed E-state index contributed by atoms with van der Waals surface area (Å²) in [5.74, 6) is 1.63. The van der Waals surface area contributed by atoms with Gasteiger partial charge in [-0.1, -0.05) is 16.8 Å². The van der Waals surface area contributed by atoms with Crippen LogP contribution in [0.2, 0.25) is 5.02 Å². The Bertz CT molecular complexity index is 680. The summed E-state index contributed by atoms with van der Waals surface area (Å²) in [6.07, 6.45) is 1.58. The first-order valence-electron chi connectivity index (χ1n) is 6.02. The highest BCUT2D eigenvalue weighted by Gasteiger charge is 2.17. The maximum absolute atomic E-state index is 5.87. The average Bonchev–Trinajstić information content (AvgIpc) is 3.11. The van der Waals surface area contributed by atoms with Crippen LogP contribution in [0.3, 0.4) is 0 Å². The molecule has 102 valence electrons. The second-order valence-electron chi connectivity index (χ2n) is 4.15. The van der Waals surface area contributed by atoms with Crippen LogP contribution in [0.1, 0.15) is 18.1 Å². The fourth-order valence-corrected chi connectivity index (χ4v) is 2.70. The predicted molar refractivity (Wildman–Crippen MR) is 77.7 cm³/mol. The second-order valence-corrected chi connectivity index (χ2v) is 6.00. The molecule has 0 aliphatic carbocycles. The number of nitrogens with zero attached hydrogens (tertiary/aromatic N) is 2. The Kier molecular flexibility index (Phi) is 3.80. The van der Waals surface area contributed by atoms with Gasteiger partial charge in [-0.15, -0.1) is 11.8 Å². The number of halogens is 1. The van der Waals surface area contributed by atoms with Crippen molar-refractivity contribution in [3.63, 3.8) is 0 Å². The van der Waals surface area contributed by atoms with E-state index in [2.05, 4.69) is 10.1 Å². The van der Waals surface area contributed by atoms with Gasteiger partial charge in [-0.2, -0.15) is 4.98 Å². The third kappa shape index (κ3) is 2.89. The number of hydrogen-bond acceptors (Lipinski definition) is 5. The van der Waals surface area contributed by atoms with Crippen LogP contribution < -0.4 is 0 Å².